The van der Waals surface area contributed by atoms with Crippen LogP contribution in [-0.2, 0) is 0 Å². The summed E-state index contributed by atoms with van der Waals surface area (Å²) in [5, 5.41) is 11.2. The monoisotopic (exact) mass is 229 g/mol. The molecule has 0 spiro atoms. The fourth-order valence-corrected chi connectivity index (χ4v) is 2.01. The molecule has 0 saturated heterocycles. The molecule has 0 aliphatic heterocycles. The molecular weight excluding hydrogens is 198 g/mol. The lowest BCUT2D eigenvalue weighted by atomic mass is 10.0. The van der Waals surface area contributed by atoms with Gasteiger partial charge in [0.15, 0.2) is 0 Å². The van der Waals surface area contributed by atoms with Crippen LogP contribution in [-0.4, -0.2) is 23.4 Å². The van der Waals surface area contributed by atoms with Crippen LogP contribution in [0.5, 0.6) is 0 Å². The van der Waals surface area contributed by atoms with Crippen LogP contribution in [0.2, 0.25) is 0 Å². The Balaban J connectivity index is 3.32. The maximum Gasteiger partial charge on any atom is 0.0266 e. The van der Waals surface area contributed by atoms with E-state index in [0.29, 0.717) is 5.92 Å². The molecule has 0 amide bonds. The summed E-state index contributed by atoms with van der Waals surface area (Å²) in [7, 11) is 0. The summed E-state index contributed by atoms with van der Waals surface area (Å²) >= 11 is 0. The Labute approximate surface area is 102 Å². The van der Waals surface area contributed by atoms with Crippen LogP contribution in [0, 0.1) is 5.92 Å². The molecule has 0 saturated carbocycles. The Morgan fingerprint density at radius 1 is 0.875 bits per heavy atom. The molecule has 0 aromatic carbocycles. The molecule has 0 aliphatic rings. The molecular formula is C14H31NO. The van der Waals surface area contributed by atoms with Gasteiger partial charge in [-0.1, -0.05) is 65.7 Å². The van der Waals surface area contributed by atoms with Gasteiger partial charge in [-0.05, 0) is 12.3 Å². The average molecular weight is 229 g/mol. The second-order valence-electron chi connectivity index (χ2n) is 4.86. The molecule has 1 N–H and O–H groups in total. The number of unbranched alkanes of at least 4 members (excludes halogenated alkanes) is 5. The van der Waals surface area contributed by atoms with Crippen LogP contribution in [0.15, 0.2) is 0 Å². The van der Waals surface area contributed by atoms with Crippen molar-refractivity contribution in [3.63, 3.8) is 0 Å². The van der Waals surface area contributed by atoms with Crippen molar-refractivity contribution in [2.24, 2.45) is 5.92 Å². The molecule has 0 heterocycles. The highest BCUT2D eigenvalue weighted by Crippen LogP contribution is 2.10. The van der Waals surface area contributed by atoms with Crippen LogP contribution < -0.4 is 0 Å². The van der Waals surface area contributed by atoms with Crippen LogP contribution >= 0.6 is 0 Å². The van der Waals surface area contributed by atoms with Gasteiger partial charge < -0.3 is 5.21 Å². The van der Waals surface area contributed by atoms with Crippen molar-refractivity contribution in [3.8, 4) is 0 Å². The first-order chi connectivity index (χ1) is 7.74. The van der Waals surface area contributed by atoms with Gasteiger partial charge in [-0.2, -0.15) is 5.06 Å². The second-order valence-corrected chi connectivity index (χ2v) is 4.86. The van der Waals surface area contributed by atoms with Gasteiger partial charge in [0.25, 0.3) is 0 Å². The quantitative estimate of drug-likeness (QED) is 0.417. The van der Waals surface area contributed by atoms with E-state index in [0.717, 1.165) is 19.5 Å². The molecule has 0 radical (unpaired) electrons. The third-order valence-electron chi connectivity index (χ3n) is 3.39. The Morgan fingerprint density at radius 3 is 2.00 bits per heavy atom. The minimum atomic E-state index is 0.657. The summed E-state index contributed by atoms with van der Waals surface area (Å²) in [6.45, 7) is 8.34. The smallest absolute Gasteiger partial charge is 0.0266 e. The lowest BCUT2D eigenvalue weighted by Gasteiger charge is -2.20. The lowest BCUT2D eigenvalue weighted by Crippen LogP contribution is -2.26. The van der Waals surface area contributed by atoms with E-state index >= 15 is 0 Å². The van der Waals surface area contributed by atoms with E-state index in [1.54, 1.807) is 0 Å². The average Bonchev–Trinajstić information content (AvgIpc) is 2.30. The molecule has 0 aromatic heterocycles. The van der Waals surface area contributed by atoms with Crippen LogP contribution in [0.1, 0.15) is 72.1 Å². The third kappa shape index (κ3) is 9.17. The van der Waals surface area contributed by atoms with Crippen molar-refractivity contribution in [1.82, 2.24) is 5.06 Å². The van der Waals surface area contributed by atoms with Crippen molar-refractivity contribution in [1.29, 1.82) is 0 Å². The SMILES string of the molecule is CCCCCCCCN(O)CC(CC)CC. The number of hydrogen-bond acceptors (Lipinski definition) is 2. The van der Waals surface area contributed by atoms with E-state index < -0.39 is 0 Å². The molecule has 2 nitrogen and oxygen atoms in total. The normalized spacial score (nSPS) is 11.6. The Hall–Kier alpha value is -0.0800. The van der Waals surface area contributed by atoms with Crippen LogP contribution in [0.25, 0.3) is 0 Å². The summed E-state index contributed by atoms with van der Waals surface area (Å²) in [4.78, 5) is 0. The van der Waals surface area contributed by atoms with Crippen molar-refractivity contribution in [2.75, 3.05) is 13.1 Å². The van der Waals surface area contributed by atoms with Crippen LogP contribution in [0.4, 0.5) is 0 Å². The molecule has 0 rings (SSSR count). The maximum atomic E-state index is 9.72. The molecule has 16 heavy (non-hydrogen) atoms. The van der Waals surface area contributed by atoms with Gasteiger partial charge >= 0.3 is 0 Å². The Kier molecular flexibility index (Phi) is 11.3. The molecule has 2 heteroatoms. The van der Waals surface area contributed by atoms with Crippen molar-refractivity contribution in [2.45, 2.75) is 72.1 Å². The largest absolute Gasteiger partial charge is 0.314 e. The number of nitrogens with zero attached hydrogens (tertiary/aromatic N) is 1. The highest BCUT2D eigenvalue weighted by molar-refractivity contribution is 4.58. The number of hydrogen-bond donors (Lipinski definition) is 1. The molecule has 0 unspecified atom stereocenters. The van der Waals surface area contributed by atoms with E-state index in [2.05, 4.69) is 20.8 Å². The van der Waals surface area contributed by atoms with Crippen molar-refractivity contribution >= 4 is 0 Å². The molecule has 98 valence electrons. The van der Waals surface area contributed by atoms with Gasteiger partial charge in [-0.25, -0.2) is 0 Å². The first-order valence-electron chi connectivity index (χ1n) is 7.18. The van der Waals surface area contributed by atoms with Gasteiger partial charge in [0.1, 0.15) is 0 Å². The van der Waals surface area contributed by atoms with Crippen LogP contribution in [0.3, 0.4) is 0 Å². The molecule has 0 bridgehead atoms. The third-order valence-corrected chi connectivity index (χ3v) is 3.39. The van der Waals surface area contributed by atoms with E-state index in [9.17, 15) is 5.21 Å². The minimum Gasteiger partial charge on any atom is -0.314 e. The van der Waals surface area contributed by atoms with E-state index in [4.69, 9.17) is 0 Å². The van der Waals surface area contributed by atoms with Gasteiger partial charge in [-0.3, -0.25) is 0 Å². The minimum absolute atomic E-state index is 0.657. The zero-order valence-corrected chi connectivity index (χ0v) is 11.5. The summed E-state index contributed by atoms with van der Waals surface area (Å²) in [6, 6.07) is 0. The van der Waals surface area contributed by atoms with Gasteiger partial charge in [-0.15, -0.1) is 0 Å². The van der Waals surface area contributed by atoms with Crippen molar-refractivity contribution in [3.05, 3.63) is 0 Å². The Bertz CT molecular complexity index is 135. The van der Waals surface area contributed by atoms with E-state index in [-0.39, 0.29) is 0 Å². The van der Waals surface area contributed by atoms with Gasteiger partial charge in [0.2, 0.25) is 0 Å². The van der Waals surface area contributed by atoms with Gasteiger partial charge in [0.05, 0.1) is 0 Å². The molecule has 0 fully saturated rings. The fraction of sp³-hybridized carbons (Fsp3) is 1.00. The predicted molar refractivity (Wildman–Crippen MR) is 70.8 cm³/mol. The zero-order chi connectivity index (χ0) is 12.2. The fourth-order valence-electron chi connectivity index (χ4n) is 2.01. The lowest BCUT2D eigenvalue weighted by molar-refractivity contribution is -0.103. The molecule has 0 atom stereocenters. The zero-order valence-electron chi connectivity index (χ0n) is 11.5. The first kappa shape index (κ1) is 15.9. The Morgan fingerprint density at radius 2 is 1.44 bits per heavy atom. The molecule has 0 aromatic rings. The summed E-state index contributed by atoms with van der Waals surface area (Å²) in [5.74, 6) is 0.657. The maximum absolute atomic E-state index is 9.72. The molecule has 0 aliphatic carbocycles. The summed E-state index contributed by atoms with van der Waals surface area (Å²) in [5.41, 5.74) is 0. The highest BCUT2D eigenvalue weighted by Gasteiger charge is 2.08. The van der Waals surface area contributed by atoms with Crippen molar-refractivity contribution < 1.29 is 5.21 Å². The predicted octanol–water partition coefficient (Wildman–Crippen LogP) is 4.47. The second kappa shape index (κ2) is 11.4. The summed E-state index contributed by atoms with van der Waals surface area (Å²) in [6.07, 6.45) is 10.1. The highest BCUT2D eigenvalue weighted by atomic mass is 16.5. The number of rotatable bonds is 11. The standard InChI is InChI=1S/C14H31NO/c1-4-7-8-9-10-11-12-15(16)13-14(5-2)6-3/h14,16H,4-13H2,1-3H3. The van der Waals surface area contributed by atoms with Gasteiger partial charge in [0, 0.05) is 13.1 Å². The van der Waals surface area contributed by atoms with E-state index in [1.807, 2.05) is 0 Å². The van der Waals surface area contributed by atoms with E-state index in [1.165, 1.54) is 50.0 Å². The topological polar surface area (TPSA) is 23.5 Å². The first-order valence-corrected chi connectivity index (χ1v) is 7.18. The summed E-state index contributed by atoms with van der Waals surface area (Å²) < 4.78 is 0. The number of hydroxylamine groups is 2.